The molecule has 6 nitrogen and oxygen atoms in total. The van der Waals surface area contributed by atoms with Crippen molar-refractivity contribution in [1.29, 1.82) is 0 Å². The van der Waals surface area contributed by atoms with Gasteiger partial charge in [0.2, 0.25) is 5.01 Å². The van der Waals surface area contributed by atoms with Crippen LogP contribution in [0.1, 0.15) is 41.0 Å². The van der Waals surface area contributed by atoms with E-state index < -0.39 is 0 Å². The van der Waals surface area contributed by atoms with Crippen molar-refractivity contribution in [2.45, 2.75) is 44.8 Å². The second kappa shape index (κ2) is 7.83. The van der Waals surface area contributed by atoms with E-state index in [4.69, 9.17) is 0 Å². The fraction of sp³-hybridized carbons (Fsp3) is 0.471. The number of likely N-dealkylation sites (tertiary alicyclic amines) is 1. The van der Waals surface area contributed by atoms with Gasteiger partial charge in [-0.05, 0) is 31.9 Å². The lowest BCUT2D eigenvalue weighted by molar-refractivity contribution is 0.0450. The van der Waals surface area contributed by atoms with Gasteiger partial charge in [0, 0.05) is 17.8 Å². The summed E-state index contributed by atoms with van der Waals surface area (Å²) < 4.78 is 0. The summed E-state index contributed by atoms with van der Waals surface area (Å²) in [7, 11) is 0. The lowest BCUT2D eigenvalue weighted by atomic mass is 9.97. The van der Waals surface area contributed by atoms with E-state index in [1.807, 2.05) is 30.3 Å². The molecule has 24 heavy (non-hydrogen) atoms. The molecule has 2 unspecified atom stereocenters. The van der Waals surface area contributed by atoms with E-state index in [9.17, 15) is 9.90 Å². The molecule has 3 rings (SSSR count). The van der Waals surface area contributed by atoms with Gasteiger partial charge in [0.05, 0.1) is 13.2 Å². The minimum absolute atomic E-state index is 0.157. The van der Waals surface area contributed by atoms with Crippen LogP contribution >= 0.6 is 11.3 Å². The number of nitrogens with zero attached hydrogens (tertiary/aromatic N) is 3. The number of carbonyl (C=O) groups is 1. The maximum Gasteiger partial charge on any atom is 0.286 e. The number of nitrogens with one attached hydrogen (secondary N) is 1. The third-order valence-electron chi connectivity index (χ3n) is 4.42. The number of carbonyl (C=O) groups excluding carboxylic acids is 1. The number of aromatic nitrogens is 2. The van der Waals surface area contributed by atoms with Gasteiger partial charge in [-0.1, -0.05) is 36.0 Å². The van der Waals surface area contributed by atoms with Gasteiger partial charge in [-0.3, -0.25) is 9.69 Å². The minimum atomic E-state index is -0.240. The molecule has 0 saturated carbocycles. The molecule has 7 heteroatoms. The number of rotatable bonds is 5. The molecule has 0 radical (unpaired) electrons. The van der Waals surface area contributed by atoms with Crippen LogP contribution in [-0.4, -0.2) is 44.8 Å². The third-order valence-corrected chi connectivity index (χ3v) is 5.32. The Morgan fingerprint density at radius 1 is 1.33 bits per heavy atom. The van der Waals surface area contributed by atoms with E-state index in [1.54, 1.807) is 0 Å². The largest absolute Gasteiger partial charge is 0.395 e. The zero-order valence-electron chi connectivity index (χ0n) is 13.7. The Kier molecular flexibility index (Phi) is 5.55. The Morgan fingerprint density at radius 3 is 2.88 bits per heavy atom. The monoisotopic (exact) mass is 346 g/mol. The first-order chi connectivity index (χ1) is 11.7. The van der Waals surface area contributed by atoms with Crippen molar-refractivity contribution in [3.63, 3.8) is 0 Å². The maximum absolute atomic E-state index is 12.2. The highest BCUT2D eigenvalue weighted by Gasteiger charge is 2.28. The van der Waals surface area contributed by atoms with Crippen LogP contribution in [0, 0.1) is 0 Å². The Morgan fingerprint density at radius 2 is 2.12 bits per heavy atom. The topological polar surface area (TPSA) is 78.3 Å². The van der Waals surface area contributed by atoms with Gasteiger partial charge in [0.25, 0.3) is 5.91 Å². The molecule has 1 amide bonds. The molecule has 2 N–H and O–H groups in total. The van der Waals surface area contributed by atoms with Crippen molar-refractivity contribution >= 4 is 22.9 Å². The quantitative estimate of drug-likeness (QED) is 0.870. The molecule has 1 aromatic heterocycles. The average molecular weight is 346 g/mol. The van der Waals surface area contributed by atoms with Gasteiger partial charge >= 0.3 is 0 Å². The van der Waals surface area contributed by atoms with Crippen molar-refractivity contribution in [2.24, 2.45) is 0 Å². The van der Waals surface area contributed by atoms with E-state index in [0.717, 1.165) is 30.0 Å². The number of amides is 1. The lowest BCUT2D eigenvalue weighted by Gasteiger charge is -2.39. The van der Waals surface area contributed by atoms with Crippen LogP contribution in [-0.2, 0) is 6.54 Å². The second-order valence-corrected chi connectivity index (χ2v) is 7.17. The zero-order valence-corrected chi connectivity index (χ0v) is 14.5. The summed E-state index contributed by atoms with van der Waals surface area (Å²) >= 11 is 1.31. The first-order valence-corrected chi connectivity index (χ1v) is 9.04. The fourth-order valence-electron chi connectivity index (χ4n) is 3.09. The van der Waals surface area contributed by atoms with E-state index in [1.165, 1.54) is 11.3 Å². The molecule has 2 atom stereocenters. The molecule has 1 aromatic carbocycles. The maximum atomic E-state index is 12.2. The Balaban J connectivity index is 1.65. The van der Waals surface area contributed by atoms with Crippen LogP contribution in [0.25, 0.3) is 0 Å². The first-order valence-electron chi connectivity index (χ1n) is 8.22. The normalized spacial score (nSPS) is 21.6. The third kappa shape index (κ3) is 3.98. The summed E-state index contributed by atoms with van der Waals surface area (Å²) in [4.78, 5) is 14.5. The molecule has 1 saturated heterocycles. The van der Waals surface area contributed by atoms with Crippen LogP contribution in [0.2, 0.25) is 0 Å². The molecule has 1 aliphatic heterocycles. The zero-order chi connectivity index (χ0) is 16.9. The fourth-order valence-corrected chi connectivity index (χ4v) is 3.84. The molecule has 128 valence electrons. The number of para-hydroxylation sites is 1. The second-order valence-electron chi connectivity index (χ2n) is 6.11. The molecule has 2 aromatic rings. The smallest absolute Gasteiger partial charge is 0.286 e. The summed E-state index contributed by atoms with van der Waals surface area (Å²) in [6.45, 7) is 2.96. The van der Waals surface area contributed by atoms with E-state index >= 15 is 0 Å². The number of benzene rings is 1. The summed E-state index contributed by atoms with van der Waals surface area (Å²) in [5, 5.41) is 21.7. The molecular weight excluding hydrogens is 324 g/mol. The van der Waals surface area contributed by atoms with Gasteiger partial charge in [-0.25, -0.2) is 0 Å². The minimum Gasteiger partial charge on any atom is -0.395 e. The number of aliphatic hydroxyl groups excluding tert-OH is 1. The van der Waals surface area contributed by atoms with Crippen molar-refractivity contribution < 1.29 is 9.90 Å². The average Bonchev–Trinajstić information content (AvgIpc) is 3.06. The number of piperidine rings is 1. The lowest BCUT2D eigenvalue weighted by Crippen LogP contribution is -2.46. The summed E-state index contributed by atoms with van der Waals surface area (Å²) in [6.07, 6.45) is 3.27. The predicted octanol–water partition coefficient (Wildman–Crippen LogP) is 2.53. The van der Waals surface area contributed by atoms with Crippen LogP contribution in [0.4, 0.5) is 5.69 Å². The van der Waals surface area contributed by atoms with Crippen LogP contribution in [0.5, 0.6) is 0 Å². The number of hydrogen-bond donors (Lipinski definition) is 2. The molecule has 1 aliphatic rings. The molecule has 0 spiro atoms. The highest BCUT2D eigenvalue weighted by Crippen LogP contribution is 2.25. The molecular formula is C17H22N4O2S. The molecule has 2 heterocycles. The molecule has 0 aliphatic carbocycles. The summed E-state index contributed by atoms with van der Waals surface area (Å²) in [6, 6.07) is 9.88. The van der Waals surface area contributed by atoms with E-state index in [2.05, 4.69) is 27.3 Å². The Labute approximate surface area is 145 Å². The first kappa shape index (κ1) is 17.0. The van der Waals surface area contributed by atoms with Crippen molar-refractivity contribution in [2.75, 3.05) is 11.9 Å². The number of aliphatic hydroxyl groups is 1. The van der Waals surface area contributed by atoms with Gasteiger partial charge in [0.1, 0.15) is 5.01 Å². The van der Waals surface area contributed by atoms with Crippen molar-refractivity contribution in [3.05, 3.63) is 40.3 Å². The van der Waals surface area contributed by atoms with Crippen LogP contribution in [0.15, 0.2) is 30.3 Å². The highest BCUT2D eigenvalue weighted by atomic mass is 32.1. The summed E-state index contributed by atoms with van der Waals surface area (Å²) in [5.41, 5.74) is 0.740. The van der Waals surface area contributed by atoms with Crippen molar-refractivity contribution in [1.82, 2.24) is 15.1 Å². The Hall–Kier alpha value is -1.83. The predicted molar refractivity (Wildman–Crippen MR) is 94.0 cm³/mol. The standard InChI is InChI=1S/C17H22N4O2S/c1-12-6-5-9-14(11-22)21(12)10-15-19-20-17(24-15)16(23)18-13-7-3-2-4-8-13/h2-4,7-8,12,14,22H,5-6,9-11H2,1H3,(H,18,23). The van der Waals surface area contributed by atoms with Crippen LogP contribution < -0.4 is 5.32 Å². The number of anilines is 1. The Bertz CT molecular complexity index is 676. The van der Waals surface area contributed by atoms with Crippen LogP contribution in [0.3, 0.4) is 0 Å². The van der Waals surface area contributed by atoms with Gasteiger partial charge in [0.15, 0.2) is 0 Å². The summed E-state index contributed by atoms with van der Waals surface area (Å²) in [5.74, 6) is -0.240. The molecule has 1 fully saturated rings. The van der Waals surface area contributed by atoms with Crippen molar-refractivity contribution in [3.8, 4) is 0 Å². The van der Waals surface area contributed by atoms with E-state index in [-0.39, 0.29) is 18.6 Å². The number of hydrogen-bond acceptors (Lipinski definition) is 6. The molecule has 0 bridgehead atoms. The van der Waals surface area contributed by atoms with Gasteiger partial charge in [-0.2, -0.15) is 0 Å². The van der Waals surface area contributed by atoms with Gasteiger partial charge < -0.3 is 10.4 Å². The highest BCUT2D eigenvalue weighted by molar-refractivity contribution is 7.13. The van der Waals surface area contributed by atoms with Gasteiger partial charge in [-0.15, -0.1) is 10.2 Å². The van der Waals surface area contributed by atoms with E-state index in [0.29, 0.717) is 17.6 Å². The SMILES string of the molecule is CC1CCCC(CO)N1Cc1nnc(C(=O)Nc2ccccc2)s1.